The van der Waals surface area contributed by atoms with E-state index < -0.39 is 0 Å². The molecule has 0 aliphatic rings. The van der Waals surface area contributed by atoms with Crippen LogP contribution in [-0.4, -0.2) is 17.1 Å². The summed E-state index contributed by atoms with van der Waals surface area (Å²) in [6, 6.07) is 12.3. The summed E-state index contributed by atoms with van der Waals surface area (Å²) in [6.07, 6.45) is 0. The maximum atomic E-state index is 8.38. The van der Waals surface area contributed by atoms with Gasteiger partial charge in [0.05, 0.1) is 11.8 Å². The molecule has 1 aromatic carbocycles. The molecule has 0 amide bonds. The normalized spacial score (nSPS) is 9.92. The highest BCUT2D eigenvalue weighted by Gasteiger charge is 1.98. The van der Waals surface area contributed by atoms with Gasteiger partial charge in [0.15, 0.2) is 0 Å². The number of hydrogen-bond donors (Lipinski definition) is 0. The average molecular weight is 192 g/mol. The zero-order valence-corrected chi connectivity index (χ0v) is 8.42. The minimum Gasteiger partial charge on any atom is -0.248 e. The molecule has 0 aliphatic carbocycles. The molecule has 68 valence electrons. The molecule has 2 nitrogen and oxygen atoms in total. The maximum Gasteiger partial charge on any atom is 0.0955 e. The van der Waals surface area contributed by atoms with E-state index in [9.17, 15) is 0 Å². The summed E-state index contributed by atoms with van der Waals surface area (Å²) in [5.41, 5.74) is 1.27. The van der Waals surface area contributed by atoms with Gasteiger partial charge in [-0.1, -0.05) is 42.3 Å². The smallest absolute Gasteiger partial charge is 0.0955 e. The second-order valence-electron chi connectivity index (χ2n) is 2.70. The lowest BCUT2D eigenvalue weighted by Gasteiger charge is -2.12. The van der Waals surface area contributed by atoms with Gasteiger partial charge in [-0.15, -0.1) is 0 Å². The van der Waals surface area contributed by atoms with Gasteiger partial charge < -0.3 is 0 Å². The van der Waals surface area contributed by atoms with Crippen molar-refractivity contribution in [3.63, 3.8) is 0 Å². The number of benzene rings is 1. The molecule has 0 saturated carbocycles. The first-order valence-corrected chi connectivity index (χ1v) is 5.02. The number of hydrogen-bond acceptors (Lipinski definition) is 3. The third-order valence-corrected chi connectivity index (χ3v) is 2.43. The van der Waals surface area contributed by atoms with Crippen LogP contribution in [0.2, 0.25) is 0 Å². The highest BCUT2D eigenvalue weighted by Crippen LogP contribution is 2.11. The Bertz CT molecular complexity index is 279. The van der Waals surface area contributed by atoms with Crippen LogP contribution in [0.25, 0.3) is 0 Å². The zero-order chi connectivity index (χ0) is 9.52. The Hall–Kier alpha value is -0.980. The fourth-order valence-electron chi connectivity index (χ4n) is 1.03. The summed E-state index contributed by atoms with van der Waals surface area (Å²) >= 11 is 1.54. The number of rotatable bonds is 4. The average Bonchev–Trinajstić information content (AvgIpc) is 2.16. The Morgan fingerprint density at radius 3 is 2.69 bits per heavy atom. The van der Waals surface area contributed by atoms with E-state index in [0.29, 0.717) is 5.75 Å². The molecule has 3 heteroatoms. The van der Waals surface area contributed by atoms with Gasteiger partial charge in [0.2, 0.25) is 0 Å². The molecule has 1 rings (SSSR count). The third-order valence-electron chi connectivity index (χ3n) is 1.60. The Labute approximate surface area is 83.3 Å². The van der Waals surface area contributed by atoms with Crippen LogP contribution in [-0.2, 0) is 6.54 Å². The van der Waals surface area contributed by atoms with E-state index in [1.54, 1.807) is 11.9 Å². The van der Waals surface area contributed by atoms with Crippen LogP contribution in [0.15, 0.2) is 30.3 Å². The first kappa shape index (κ1) is 10.1. The van der Waals surface area contributed by atoms with Crippen LogP contribution >= 0.6 is 11.9 Å². The first-order valence-electron chi connectivity index (χ1n) is 4.08. The van der Waals surface area contributed by atoms with Crippen molar-refractivity contribution in [2.45, 2.75) is 6.54 Å². The van der Waals surface area contributed by atoms with Crippen molar-refractivity contribution in [3.8, 4) is 6.07 Å². The lowest BCUT2D eigenvalue weighted by atomic mass is 10.2. The van der Waals surface area contributed by atoms with Gasteiger partial charge >= 0.3 is 0 Å². The fraction of sp³-hybridized carbons (Fsp3) is 0.300. The zero-order valence-electron chi connectivity index (χ0n) is 7.60. The van der Waals surface area contributed by atoms with Crippen molar-refractivity contribution >= 4 is 11.9 Å². The van der Waals surface area contributed by atoms with Crippen LogP contribution in [0.5, 0.6) is 0 Å². The molecule has 0 heterocycles. The predicted molar refractivity (Wildman–Crippen MR) is 56.0 cm³/mol. The van der Waals surface area contributed by atoms with Gasteiger partial charge in [0.25, 0.3) is 0 Å². The van der Waals surface area contributed by atoms with Crippen molar-refractivity contribution < 1.29 is 0 Å². The fourth-order valence-corrected chi connectivity index (χ4v) is 1.54. The van der Waals surface area contributed by atoms with E-state index in [-0.39, 0.29) is 0 Å². The van der Waals surface area contributed by atoms with Gasteiger partial charge in [-0.2, -0.15) is 5.26 Å². The highest BCUT2D eigenvalue weighted by molar-refractivity contribution is 7.97. The molecular weight excluding hydrogens is 180 g/mol. The van der Waals surface area contributed by atoms with Crippen molar-refractivity contribution in [1.82, 2.24) is 4.31 Å². The van der Waals surface area contributed by atoms with E-state index >= 15 is 0 Å². The molecule has 0 N–H and O–H groups in total. The Balaban J connectivity index is 2.37. The van der Waals surface area contributed by atoms with Crippen LogP contribution in [0, 0.1) is 11.3 Å². The molecule has 1 aromatic rings. The molecule has 0 spiro atoms. The maximum absolute atomic E-state index is 8.38. The topological polar surface area (TPSA) is 27.0 Å². The largest absolute Gasteiger partial charge is 0.248 e. The SMILES string of the molecule is CN(Cc1ccccc1)SCC#N. The summed E-state index contributed by atoms with van der Waals surface area (Å²) in [5.74, 6) is 0.517. The summed E-state index contributed by atoms with van der Waals surface area (Å²) in [7, 11) is 2.00. The summed E-state index contributed by atoms with van der Waals surface area (Å²) in [5, 5.41) is 8.38. The Morgan fingerprint density at radius 1 is 1.38 bits per heavy atom. The molecule has 13 heavy (non-hydrogen) atoms. The summed E-state index contributed by atoms with van der Waals surface area (Å²) < 4.78 is 2.07. The van der Waals surface area contributed by atoms with Crippen molar-refractivity contribution in [2.24, 2.45) is 0 Å². The second kappa shape index (κ2) is 5.63. The summed E-state index contributed by atoms with van der Waals surface area (Å²) in [4.78, 5) is 0. The van der Waals surface area contributed by atoms with Crippen molar-refractivity contribution in [3.05, 3.63) is 35.9 Å². The van der Waals surface area contributed by atoms with Gasteiger partial charge in [-0.25, -0.2) is 4.31 Å². The van der Waals surface area contributed by atoms with Crippen molar-refractivity contribution in [2.75, 3.05) is 12.8 Å². The lowest BCUT2D eigenvalue weighted by Crippen LogP contribution is -2.08. The van der Waals surface area contributed by atoms with Crippen LogP contribution in [0.3, 0.4) is 0 Å². The van der Waals surface area contributed by atoms with E-state index in [0.717, 1.165) is 6.54 Å². The van der Waals surface area contributed by atoms with Gasteiger partial charge in [0, 0.05) is 6.54 Å². The van der Waals surface area contributed by atoms with Crippen LogP contribution < -0.4 is 0 Å². The molecule has 0 aliphatic heterocycles. The van der Waals surface area contributed by atoms with E-state index in [4.69, 9.17) is 5.26 Å². The number of nitrogens with zero attached hydrogens (tertiary/aromatic N) is 2. The Kier molecular flexibility index (Phi) is 4.37. The van der Waals surface area contributed by atoms with E-state index in [2.05, 4.69) is 22.5 Å². The highest BCUT2D eigenvalue weighted by atomic mass is 32.2. The summed E-state index contributed by atoms with van der Waals surface area (Å²) in [6.45, 7) is 0.882. The first-order chi connectivity index (χ1) is 6.33. The van der Waals surface area contributed by atoms with Gasteiger partial charge in [-0.05, 0) is 12.6 Å². The van der Waals surface area contributed by atoms with Crippen molar-refractivity contribution in [1.29, 1.82) is 5.26 Å². The van der Waals surface area contributed by atoms with Gasteiger partial charge in [0.1, 0.15) is 0 Å². The molecule has 0 unspecified atom stereocenters. The molecule has 0 fully saturated rings. The molecular formula is C10H12N2S. The molecule has 0 saturated heterocycles. The van der Waals surface area contributed by atoms with E-state index in [1.807, 2.05) is 25.2 Å². The third kappa shape index (κ3) is 3.97. The molecule has 0 bridgehead atoms. The minimum atomic E-state index is 0.517. The number of nitriles is 1. The van der Waals surface area contributed by atoms with Gasteiger partial charge in [-0.3, -0.25) is 0 Å². The van der Waals surface area contributed by atoms with Crippen LogP contribution in [0.4, 0.5) is 0 Å². The predicted octanol–water partition coefficient (Wildman–Crippen LogP) is 2.29. The Morgan fingerprint density at radius 2 is 2.08 bits per heavy atom. The minimum absolute atomic E-state index is 0.517. The monoisotopic (exact) mass is 192 g/mol. The standard InChI is InChI=1S/C10H12N2S/c1-12(13-8-7-11)9-10-5-3-2-4-6-10/h2-6H,8-9H2,1H3. The second-order valence-corrected chi connectivity index (χ2v) is 3.87. The quantitative estimate of drug-likeness (QED) is 0.685. The molecule has 0 radical (unpaired) electrons. The lowest BCUT2D eigenvalue weighted by molar-refractivity contribution is 0.566. The van der Waals surface area contributed by atoms with Crippen LogP contribution in [0.1, 0.15) is 5.56 Å². The molecule has 0 aromatic heterocycles. The van der Waals surface area contributed by atoms with E-state index in [1.165, 1.54) is 5.56 Å². The molecule has 0 atom stereocenters.